The Bertz CT molecular complexity index is 1440. The summed E-state index contributed by atoms with van der Waals surface area (Å²) in [5.74, 6) is -1.34. The van der Waals surface area contributed by atoms with E-state index in [9.17, 15) is 22.4 Å². The summed E-state index contributed by atoms with van der Waals surface area (Å²) in [7, 11) is -4.15. The molecule has 0 spiro atoms. The predicted octanol–water partition coefficient (Wildman–Crippen LogP) is 5.28. The number of amides is 2. The van der Waals surface area contributed by atoms with Crippen LogP contribution < -0.4 is 9.62 Å². The third kappa shape index (κ3) is 7.47. The Labute approximate surface area is 237 Å². The Kier molecular flexibility index (Phi) is 10.1. The van der Waals surface area contributed by atoms with E-state index >= 15 is 0 Å². The van der Waals surface area contributed by atoms with Gasteiger partial charge < -0.3 is 10.2 Å². The maximum Gasteiger partial charge on any atom is 0.264 e. The lowest BCUT2D eigenvalue weighted by atomic mass is 10.1. The van der Waals surface area contributed by atoms with Crippen molar-refractivity contribution in [1.29, 1.82) is 0 Å². The van der Waals surface area contributed by atoms with Gasteiger partial charge in [0.2, 0.25) is 11.8 Å². The number of nitrogens with one attached hydrogen (secondary N) is 1. The molecule has 0 saturated carbocycles. The maximum atomic E-state index is 14.0. The van der Waals surface area contributed by atoms with E-state index in [0.717, 1.165) is 15.4 Å². The Hall–Kier alpha value is -3.72. The molecule has 0 saturated heterocycles. The van der Waals surface area contributed by atoms with Gasteiger partial charge in [0.05, 0.1) is 10.6 Å². The average Bonchev–Trinajstić information content (AvgIpc) is 2.92. The van der Waals surface area contributed by atoms with Gasteiger partial charge in [-0.1, -0.05) is 48.9 Å². The molecule has 0 aliphatic carbocycles. The molecule has 2 amide bonds. The van der Waals surface area contributed by atoms with Crippen molar-refractivity contribution in [1.82, 2.24) is 10.2 Å². The molecule has 0 aliphatic rings. The number of aryl methyl sites for hydroxylation is 3. The molecule has 9 heteroatoms. The first-order chi connectivity index (χ1) is 18.8. The summed E-state index contributed by atoms with van der Waals surface area (Å²) >= 11 is 0. The molecular formula is C31H38FN3O4S. The SMILES string of the molecule is CCC(C)NC(=O)C(C)N(Cc1ccc(F)cc1)C(=O)CN(c1cc(C)ccc1C)S(=O)(=O)c1ccc(C)cc1. The number of sulfonamides is 1. The van der Waals surface area contributed by atoms with Crippen LogP contribution in [0.2, 0.25) is 0 Å². The minimum absolute atomic E-state index is 0.000571. The van der Waals surface area contributed by atoms with E-state index in [4.69, 9.17) is 0 Å². The number of hydrogen-bond donors (Lipinski definition) is 1. The van der Waals surface area contributed by atoms with Crippen molar-refractivity contribution >= 4 is 27.5 Å². The van der Waals surface area contributed by atoms with Crippen molar-refractivity contribution in [3.63, 3.8) is 0 Å². The normalized spacial score (nSPS) is 12.9. The molecule has 1 N–H and O–H groups in total. The molecule has 2 unspecified atom stereocenters. The molecular weight excluding hydrogens is 529 g/mol. The van der Waals surface area contributed by atoms with Crippen LogP contribution >= 0.6 is 0 Å². The summed E-state index contributed by atoms with van der Waals surface area (Å²) in [6, 6.07) is 16.5. The third-order valence-corrected chi connectivity index (χ3v) is 8.73. The van der Waals surface area contributed by atoms with Gasteiger partial charge in [0.1, 0.15) is 18.4 Å². The summed E-state index contributed by atoms with van der Waals surface area (Å²) in [5.41, 5.74) is 3.41. The molecule has 0 fully saturated rings. The van der Waals surface area contributed by atoms with Gasteiger partial charge in [-0.2, -0.15) is 0 Å². The molecule has 3 aromatic rings. The van der Waals surface area contributed by atoms with Gasteiger partial charge in [-0.3, -0.25) is 13.9 Å². The van der Waals surface area contributed by atoms with Gasteiger partial charge in [0.15, 0.2) is 0 Å². The smallest absolute Gasteiger partial charge is 0.264 e. The molecule has 0 radical (unpaired) electrons. The predicted molar refractivity (Wildman–Crippen MR) is 156 cm³/mol. The van der Waals surface area contributed by atoms with Crippen molar-refractivity contribution in [2.24, 2.45) is 0 Å². The second-order valence-corrected chi connectivity index (χ2v) is 12.1. The van der Waals surface area contributed by atoms with Crippen LogP contribution in [-0.4, -0.2) is 43.8 Å². The molecule has 3 rings (SSSR count). The largest absolute Gasteiger partial charge is 0.352 e. The summed E-state index contributed by atoms with van der Waals surface area (Å²) in [4.78, 5) is 28.5. The summed E-state index contributed by atoms with van der Waals surface area (Å²) in [6.45, 7) is 10.4. The van der Waals surface area contributed by atoms with Crippen LogP contribution in [0.3, 0.4) is 0 Å². The molecule has 0 heterocycles. The van der Waals surface area contributed by atoms with E-state index < -0.39 is 34.3 Å². The van der Waals surface area contributed by atoms with E-state index in [1.54, 1.807) is 44.2 Å². The van der Waals surface area contributed by atoms with Crippen LogP contribution in [0.1, 0.15) is 49.4 Å². The zero-order chi connectivity index (χ0) is 29.6. The van der Waals surface area contributed by atoms with Gasteiger partial charge in [0, 0.05) is 12.6 Å². The lowest BCUT2D eigenvalue weighted by Gasteiger charge is -2.33. The van der Waals surface area contributed by atoms with E-state index in [0.29, 0.717) is 23.2 Å². The van der Waals surface area contributed by atoms with E-state index in [1.165, 1.54) is 29.2 Å². The van der Waals surface area contributed by atoms with Crippen LogP contribution in [0, 0.1) is 26.6 Å². The van der Waals surface area contributed by atoms with Crippen molar-refractivity contribution in [3.8, 4) is 0 Å². The van der Waals surface area contributed by atoms with Gasteiger partial charge >= 0.3 is 0 Å². The molecule has 0 aromatic heterocycles. The first kappa shape index (κ1) is 30.8. The first-order valence-electron chi connectivity index (χ1n) is 13.3. The number of nitrogens with zero attached hydrogens (tertiary/aromatic N) is 2. The second kappa shape index (κ2) is 13.1. The zero-order valence-corrected chi connectivity index (χ0v) is 24.8. The van der Waals surface area contributed by atoms with Crippen LogP contribution in [0.15, 0.2) is 71.6 Å². The first-order valence-corrected chi connectivity index (χ1v) is 14.8. The van der Waals surface area contributed by atoms with Crippen LogP contribution in [0.4, 0.5) is 10.1 Å². The van der Waals surface area contributed by atoms with Crippen LogP contribution in [-0.2, 0) is 26.2 Å². The monoisotopic (exact) mass is 567 g/mol. The fourth-order valence-corrected chi connectivity index (χ4v) is 5.64. The topological polar surface area (TPSA) is 86.8 Å². The minimum atomic E-state index is -4.15. The van der Waals surface area contributed by atoms with Crippen LogP contribution in [0.5, 0.6) is 0 Å². The molecule has 214 valence electrons. The Morgan fingerprint density at radius 3 is 2.10 bits per heavy atom. The number of carbonyl (C=O) groups excluding carboxylic acids is 2. The average molecular weight is 568 g/mol. The zero-order valence-electron chi connectivity index (χ0n) is 23.9. The Balaban J connectivity index is 2.06. The number of hydrogen-bond acceptors (Lipinski definition) is 4. The minimum Gasteiger partial charge on any atom is -0.352 e. The van der Waals surface area contributed by atoms with E-state index in [-0.39, 0.29) is 23.4 Å². The highest BCUT2D eigenvalue weighted by atomic mass is 32.2. The quantitative estimate of drug-likeness (QED) is 0.342. The molecule has 0 aliphatic heterocycles. The van der Waals surface area contributed by atoms with Crippen LogP contribution in [0.25, 0.3) is 0 Å². The highest BCUT2D eigenvalue weighted by molar-refractivity contribution is 7.92. The second-order valence-electron chi connectivity index (χ2n) is 10.3. The molecule has 2 atom stereocenters. The fraction of sp³-hybridized carbons (Fsp3) is 0.355. The maximum absolute atomic E-state index is 14.0. The number of carbonyl (C=O) groups is 2. The highest BCUT2D eigenvalue weighted by Gasteiger charge is 2.33. The molecule has 0 bridgehead atoms. The Morgan fingerprint density at radius 2 is 1.50 bits per heavy atom. The fourth-order valence-electron chi connectivity index (χ4n) is 4.17. The van der Waals surface area contributed by atoms with Crippen molar-refractivity contribution in [3.05, 3.63) is 94.8 Å². The van der Waals surface area contributed by atoms with Gasteiger partial charge in [-0.25, -0.2) is 12.8 Å². The molecule has 40 heavy (non-hydrogen) atoms. The van der Waals surface area contributed by atoms with Gasteiger partial charge in [-0.15, -0.1) is 0 Å². The number of benzene rings is 3. The van der Waals surface area contributed by atoms with Crippen molar-refractivity contribution in [2.75, 3.05) is 10.8 Å². The summed E-state index contributed by atoms with van der Waals surface area (Å²) < 4.78 is 42.7. The lowest BCUT2D eigenvalue weighted by Crippen LogP contribution is -2.52. The van der Waals surface area contributed by atoms with E-state index in [2.05, 4.69) is 5.32 Å². The van der Waals surface area contributed by atoms with E-state index in [1.807, 2.05) is 39.8 Å². The number of anilines is 1. The summed E-state index contributed by atoms with van der Waals surface area (Å²) in [5, 5.41) is 2.90. The Morgan fingerprint density at radius 1 is 0.900 bits per heavy atom. The standard InChI is InChI=1S/C31H38FN3O4S/c1-7-24(5)33-31(37)25(6)34(19-26-12-14-27(32)15-13-26)30(36)20-35(29-18-22(3)8-11-23(29)4)40(38,39)28-16-9-21(2)10-17-28/h8-18,24-25H,7,19-20H2,1-6H3,(H,33,37). The highest BCUT2D eigenvalue weighted by Crippen LogP contribution is 2.28. The lowest BCUT2D eigenvalue weighted by molar-refractivity contribution is -0.139. The van der Waals surface area contributed by atoms with Gasteiger partial charge in [0.25, 0.3) is 10.0 Å². The van der Waals surface area contributed by atoms with Crippen molar-refractivity contribution in [2.45, 2.75) is 71.5 Å². The third-order valence-electron chi connectivity index (χ3n) is 6.96. The molecule has 7 nitrogen and oxygen atoms in total. The number of rotatable bonds is 11. The molecule has 3 aromatic carbocycles. The van der Waals surface area contributed by atoms with Crippen molar-refractivity contribution < 1.29 is 22.4 Å². The number of halogens is 1. The van der Waals surface area contributed by atoms with Gasteiger partial charge in [-0.05, 0) is 88.1 Å². The summed E-state index contributed by atoms with van der Waals surface area (Å²) in [6.07, 6.45) is 0.708.